The summed E-state index contributed by atoms with van der Waals surface area (Å²) in [4.78, 5) is 27.9. The third kappa shape index (κ3) is 5.57. The number of para-hydroxylation sites is 1. The topological polar surface area (TPSA) is 83.8 Å². The van der Waals surface area contributed by atoms with E-state index >= 15 is 0 Å². The first-order valence-corrected chi connectivity index (χ1v) is 12.6. The number of furan rings is 1. The number of carbonyl (C=O) groups excluding carboxylic acids is 2. The summed E-state index contributed by atoms with van der Waals surface area (Å²) in [6.45, 7) is 4.12. The van der Waals surface area contributed by atoms with Crippen LogP contribution in [-0.2, 0) is 16.0 Å². The summed E-state index contributed by atoms with van der Waals surface area (Å²) < 4.78 is 11.2. The number of nitrogens with one attached hydrogen (secondary N) is 2. The highest BCUT2D eigenvalue weighted by molar-refractivity contribution is 6.04. The Morgan fingerprint density at radius 2 is 1.69 bits per heavy atom. The number of carbonyl (C=O) groups is 2. The fourth-order valence-electron chi connectivity index (χ4n) is 5.36. The predicted octanol–water partition coefficient (Wildman–Crippen LogP) is 4.38. The molecule has 1 aromatic heterocycles. The van der Waals surface area contributed by atoms with E-state index in [9.17, 15) is 9.59 Å². The Hall–Kier alpha value is -3.16. The van der Waals surface area contributed by atoms with Crippen molar-refractivity contribution < 1.29 is 18.7 Å². The number of hydrogen-bond acceptors (Lipinski definition) is 5. The number of amides is 2. The molecule has 7 nitrogen and oxygen atoms in total. The van der Waals surface area contributed by atoms with Gasteiger partial charge in [0.05, 0.1) is 19.6 Å². The standard InChI is InChI=1S/C28H33N3O4/c32-26(29-20-28(12-4-1-5-13-28)31-14-16-34-17-15-31)18-21-8-10-23(11-9-21)30-27(33)25-19-22-6-2-3-7-24(22)35-25/h2-3,6-11,19H,1,4-5,12-18,20H2,(H,29,32)(H,30,33). The van der Waals surface area contributed by atoms with Crippen LogP contribution in [-0.4, -0.2) is 55.1 Å². The summed E-state index contributed by atoms with van der Waals surface area (Å²) in [5, 5.41) is 6.97. The van der Waals surface area contributed by atoms with Gasteiger partial charge in [0.25, 0.3) is 5.91 Å². The molecule has 1 saturated heterocycles. The lowest BCUT2D eigenvalue weighted by molar-refractivity contribution is -0.121. The van der Waals surface area contributed by atoms with E-state index < -0.39 is 0 Å². The highest BCUT2D eigenvalue weighted by atomic mass is 16.5. The van der Waals surface area contributed by atoms with E-state index in [1.165, 1.54) is 19.3 Å². The first-order valence-electron chi connectivity index (χ1n) is 12.6. The lowest BCUT2D eigenvalue weighted by Gasteiger charge is -2.48. The molecule has 1 aliphatic carbocycles. The Morgan fingerprint density at radius 3 is 2.43 bits per heavy atom. The lowest BCUT2D eigenvalue weighted by atomic mass is 9.79. The first-order chi connectivity index (χ1) is 17.1. The van der Waals surface area contributed by atoms with Gasteiger partial charge in [-0.3, -0.25) is 14.5 Å². The van der Waals surface area contributed by atoms with Gasteiger partial charge in [-0.25, -0.2) is 0 Å². The van der Waals surface area contributed by atoms with Crippen LogP contribution in [0.2, 0.25) is 0 Å². The van der Waals surface area contributed by atoms with Gasteiger partial charge in [-0.05, 0) is 42.7 Å². The van der Waals surface area contributed by atoms with E-state index in [4.69, 9.17) is 9.15 Å². The zero-order valence-corrected chi connectivity index (χ0v) is 20.1. The van der Waals surface area contributed by atoms with Gasteiger partial charge < -0.3 is 19.8 Å². The van der Waals surface area contributed by atoms with Gasteiger partial charge in [-0.15, -0.1) is 0 Å². The van der Waals surface area contributed by atoms with Crippen LogP contribution >= 0.6 is 0 Å². The Kier molecular flexibility index (Phi) is 7.16. The number of morpholine rings is 1. The van der Waals surface area contributed by atoms with E-state index in [0.717, 1.165) is 50.1 Å². The average molecular weight is 476 g/mol. The molecule has 2 aromatic carbocycles. The Balaban J connectivity index is 1.15. The molecule has 184 valence electrons. The molecule has 3 aromatic rings. The normalized spacial score (nSPS) is 18.3. The predicted molar refractivity (Wildman–Crippen MR) is 136 cm³/mol. The Morgan fingerprint density at radius 1 is 0.943 bits per heavy atom. The molecular formula is C28H33N3O4. The third-order valence-electron chi connectivity index (χ3n) is 7.31. The lowest BCUT2D eigenvalue weighted by Crippen LogP contribution is -2.59. The van der Waals surface area contributed by atoms with E-state index in [1.54, 1.807) is 6.07 Å². The molecule has 5 rings (SSSR count). The van der Waals surface area contributed by atoms with Crippen LogP contribution in [0.4, 0.5) is 5.69 Å². The summed E-state index contributed by atoms with van der Waals surface area (Å²) in [5.41, 5.74) is 2.31. The first kappa shape index (κ1) is 23.6. The van der Waals surface area contributed by atoms with Gasteiger partial charge in [0.15, 0.2) is 5.76 Å². The number of benzene rings is 2. The minimum Gasteiger partial charge on any atom is -0.451 e. The number of anilines is 1. The highest BCUT2D eigenvalue weighted by Gasteiger charge is 2.38. The second kappa shape index (κ2) is 10.6. The SMILES string of the molecule is O=C(Cc1ccc(NC(=O)c2cc3ccccc3o2)cc1)NCC1(N2CCOCC2)CCCCC1. The van der Waals surface area contributed by atoms with Crippen molar-refractivity contribution in [2.45, 2.75) is 44.1 Å². The highest BCUT2D eigenvalue weighted by Crippen LogP contribution is 2.34. The smallest absolute Gasteiger partial charge is 0.291 e. The molecular weight excluding hydrogens is 442 g/mol. The maximum Gasteiger partial charge on any atom is 0.291 e. The molecule has 2 fully saturated rings. The van der Waals surface area contributed by atoms with Crippen LogP contribution in [0.15, 0.2) is 59.0 Å². The van der Waals surface area contributed by atoms with Gasteiger partial charge in [-0.2, -0.15) is 0 Å². The molecule has 2 N–H and O–H groups in total. The molecule has 7 heteroatoms. The average Bonchev–Trinajstić information content (AvgIpc) is 3.34. The van der Waals surface area contributed by atoms with Gasteiger partial charge in [-0.1, -0.05) is 49.6 Å². The van der Waals surface area contributed by atoms with Crippen molar-refractivity contribution in [2.24, 2.45) is 0 Å². The van der Waals surface area contributed by atoms with E-state index in [0.29, 0.717) is 24.2 Å². The molecule has 1 aliphatic heterocycles. The van der Waals surface area contributed by atoms with E-state index in [1.807, 2.05) is 48.5 Å². The third-order valence-corrected chi connectivity index (χ3v) is 7.31. The maximum atomic E-state index is 12.8. The molecule has 0 unspecified atom stereocenters. The van der Waals surface area contributed by atoms with Crippen molar-refractivity contribution in [1.82, 2.24) is 10.2 Å². The van der Waals surface area contributed by atoms with Gasteiger partial charge >= 0.3 is 0 Å². The second-order valence-corrected chi connectivity index (χ2v) is 9.64. The zero-order chi connectivity index (χ0) is 24.1. The van der Waals surface area contributed by atoms with Crippen LogP contribution in [0, 0.1) is 0 Å². The molecule has 0 atom stereocenters. The molecule has 0 radical (unpaired) electrons. The summed E-state index contributed by atoms with van der Waals surface area (Å²) in [5.74, 6) is 0.00131. The Labute approximate surface area is 205 Å². The van der Waals surface area contributed by atoms with Crippen molar-refractivity contribution in [3.8, 4) is 0 Å². The van der Waals surface area contributed by atoms with Crippen molar-refractivity contribution >= 4 is 28.5 Å². The van der Waals surface area contributed by atoms with Crippen LogP contribution in [0.5, 0.6) is 0 Å². The largest absolute Gasteiger partial charge is 0.451 e. The summed E-state index contributed by atoms with van der Waals surface area (Å²) in [7, 11) is 0. The molecule has 2 aliphatic rings. The molecule has 0 bridgehead atoms. The van der Waals surface area contributed by atoms with Crippen LogP contribution in [0.3, 0.4) is 0 Å². The minimum absolute atomic E-state index is 0.0299. The number of rotatable bonds is 7. The number of nitrogens with zero attached hydrogens (tertiary/aromatic N) is 1. The molecule has 35 heavy (non-hydrogen) atoms. The minimum atomic E-state index is -0.299. The molecule has 1 saturated carbocycles. The quantitative estimate of drug-likeness (QED) is 0.530. The van der Waals surface area contributed by atoms with Crippen molar-refractivity contribution in [2.75, 3.05) is 38.2 Å². The second-order valence-electron chi connectivity index (χ2n) is 9.64. The van der Waals surface area contributed by atoms with Crippen LogP contribution in [0.1, 0.15) is 48.2 Å². The summed E-state index contributed by atoms with van der Waals surface area (Å²) >= 11 is 0. The zero-order valence-electron chi connectivity index (χ0n) is 20.1. The van der Waals surface area contributed by atoms with Crippen molar-refractivity contribution in [3.63, 3.8) is 0 Å². The fraction of sp³-hybridized carbons (Fsp3) is 0.429. The summed E-state index contributed by atoms with van der Waals surface area (Å²) in [6.07, 6.45) is 6.29. The Bertz CT molecular complexity index is 1130. The van der Waals surface area contributed by atoms with Gasteiger partial charge in [0.1, 0.15) is 5.58 Å². The maximum absolute atomic E-state index is 12.8. The number of fused-ring (bicyclic) bond motifs is 1. The van der Waals surface area contributed by atoms with E-state index in [2.05, 4.69) is 15.5 Å². The number of hydrogen-bond donors (Lipinski definition) is 2. The number of ether oxygens (including phenoxy) is 1. The molecule has 0 spiro atoms. The van der Waals surface area contributed by atoms with Gasteiger partial charge in [0, 0.05) is 36.2 Å². The molecule has 2 heterocycles. The summed E-state index contributed by atoms with van der Waals surface area (Å²) in [6, 6.07) is 16.7. The van der Waals surface area contributed by atoms with Crippen molar-refractivity contribution in [1.29, 1.82) is 0 Å². The van der Waals surface area contributed by atoms with Gasteiger partial charge in [0.2, 0.25) is 5.91 Å². The molecule has 2 amide bonds. The van der Waals surface area contributed by atoms with E-state index in [-0.39, 0.29) is 23.1 Å². The van der Waals surface area contributed by atoms with Crippen LogP contribution in [0.25, 0.3) is 11.0 Å². The van der Waals surface area contributed by atoms with Crippen molar-refractivity contribution in [3.05, 3.63) is 65.9 Å². The monoisotopic (exact) mass is 475 g/mol. The fourth-order valence-corrected chi connectivity index (χ4v) is 5.36. The van der Waals surface area contributed by atoms with Crippen LogP contribution < -0.4 is 10.6 Å².